The molecule has 0 aliphatic heterocycles. The largest absolute Gasteiger partial charge is 0.508 e. The zero-order valence-corrected chi connectivity index (χ0v) is 8.42. The van der Waals surface area contributed by atoms with Crippen molar-refractivity contribution < 1.29 is 13.7 Å². The lowest BCUT2D eigenvalue weighted by molar-refractivity contribution is 0.469. The van der Waals surface area contributed by atoms with Crippen LogP contribution in [0.15, 0.2) is 22.6 Å². The van der Waals surface area contributed by atoms with E-state index in [9.17, 15) is 8.60 Å². The molecule has 0 heterocycles. The third kappa shape index (κ3) is 2.92. The number of hydrogen-bond donors (Lipinski definition) is 1. The highest BCUT2D eigenvalue weighted by Gasteiger charge is 2.00. The maximum absolute atomic E-state index is 13.1. The first kappa shape index (κ1) is 10.8. The van der Waals surface area contributed by atoms with E-state index in [4.69, 9.17) is 5.11 Å². The SMILES string of the molecule is CCS(=O)/N=C/c1ccc(O)cc1F. The molecule has 3 nitrogen and oxygen atoms in total. The van der Waals surface area contributed by atoms with E-state index in [0.29, 0.717) is 5.75 Å². The zero-order chi connectivity index (χ0) is 10.6. The summed E-state index contributed by atoms with van der Waals surface area (Å²) in [6.45, 7) is 1.72. The van der Waals surface area contributed by atoms with Crippen LogP contribution in [0.25, 0.3) is 0 Å². The Balaban J connectivity index is 2.87. The van der Waals surface area contributed by atoms with Crippen LogP contribution in [0.4, 0.5) is 4.39 Å². The molecule has 1 unspecified atom stereocenters. The molecule has 0 saturated carbocycles. The molecular formula is C9H10FNO2S. The van der Waals surface area contributed by atoms with Crippen molar-refractivity contribution in [2.75, 3.05) is 5.75 Å². The van der Waals surface area contributed by atoms with E-state index in [2.05, 4.69) is 4.40 Å². The van der Waals surface area contributed by atoms with Crippen LogP contribution in [-0.2, 0) is 11.0 Å². The Bertz CT molecular complexity index is 379. The molecule has 1 rings (SSSR count). The lowest BCUT2D eigenvalue weighted by Gasteiger charge is -1.96. The Morgan fingerprint density at radius 2 is 2.36 bits per heavy atom. The molecule has 0 aromatic heterocycles. The quantitative estimate of drug-likeness (QED) is 0.779. The summed E-state index contributed by atoms with van der Waals surface area (Å²) in [6, 6.07) is 3.70. The number of phenols is 1. The average molecular weight is 215 g/mol. The third-order valence-corrected chi connectivity index (χ3v) is 2.37. The number of hydrogen-bond acceptors (Lipinski definition) is 2. The van der Waals surface area contributed by atoms with E-state index in [1.165, 1.54) is 18.3 Å². The van der Waals surface area contributed by atoms with Crippen LogP contribution in [0.3, 0.4) is 0 Å². The summed E-state index contributed by atoms with van der Waals surface area (Å²) in [7, 11) is -1.30. The van der Waals surface area contributed by atoms with Crippen LogP contribution in [0.1, 0.15) is 12.5 Å². The van der Waals surface area contributed by atoms with Crippen LogP contribution < -0.4 is 0 Å². The fourth-order valence-corrected chi connectivity index (χ4v) is 1.19. The first-order chi connectivity index (χ1) is 6.63. The third-order valence-electron chi connectivity index (χ3n) is 1.54. The summed E-state index contributed by atoms with van der Waals surface area (Å²) in [6.07, 6.45) is 1.20. The molecule has 0 bridgehead atoms. The first-order valence-corrected chi connectivity index (χ1v) is 5.32. The summed E-state index contributed by atoms with van der Waals surface area (Å²) in [5, 5.41) is 8.92. The molecule has 0 fully saturated rings. The molecule has 1 aromatic rings. The molecule has 0 aliphatic rings. The van der Waals surface area contributed by atoms with Gasteiger partial charge in [0.1, 0.15) is 22.6 Å². The van der Waals surface area contributed by atoms with Gasteiger partial charge < -0.3 is 5.11 Å². The Labute approximate surface area is 83.9 Å². The lowest BCUT2D eigenvalue weighted by atomic mass is 10.2. The summed E-state index contributed by atoms with van der Waals surface area (Å²) >= 11 is 0. The van der Waals surface area contributed by atoms with E-state index >= 15 is 0 Å². The van der Waals surface area contributed by atoms with Crippen LogP contribution in [0.2, 0.25) is 0 Å². The maximum Gasteiger partial charge on any atom is 0.139 e. The smallest absolute Gasteiger partial charge is 0.139 e. The Morgan fingerprint density at radius 1 is 1.64 bits per heavy atom. The van der Waals surface area contributed by atoms with Crippen molar-refractivity contribution in [1.29, 1.82) is 0 Å². The second-order valence-electron chi connectivity index (χ2n) is 2.55. The van der Waals surface area contributed by atoms with Crippen molar-refractivity contribution in [3.63, 3.8) is 0 Å². The minimum Gasteiger partial charge on any atom is -0.508 e. The highest BCUT2D eigenvalue weighted by molar-refractivity contribution is 7.83. The maximum atomic E-state index is 13.1. The predicted octanol–water partition coefficient (Wildman–Crippen LogP) is 1.63. The first-order valence-electron chi connectivity index (χ1n) is 4.04. The Hall–Kier alpha value is -1.23. The molecule has 1 N–H and O–H groups in total. The molecule has 1 aromatic carbocycles. The summed E-state index contributed by atoms with van der Waals surface area (Å²) in [5.41, 5.74) is 0.213. The average Bonchev–Trinajstić information content (AvgIpc) is 2.16. The second-order valence-corrected chi connectivity index (χ2v) is 3.98. The number of nitrogens with zero attached hydrogens (tertiary/aromatic N) is 1. The van der Waals surface area contributed by atoms with Crippen molar-refractivity contribution in [3.05, 3.63) is 29.6 Å². The van der Waals surface area contributed by atoms with Crippen LogP contribution in [-0.4, -0.2) is 21.3 Å². The van der Waals surface area contributed by atoms with Gasteiger partial charge in [-0.1, -0.05) is 6.92 Å². The van der Waals surface area contributed by atoms with Gasteiger partial charge in [0, 0.05) is 23.6 Å². The van der Waals surface area contributed by atoms with Crippen molar-refractivity contribution >= 4 is 17.2 Å². The highest BCUT2D eigenvalue weighted by atomic mass is 32.2. The topological polar surface area (TPSA) is 49.7 Å². The second kappa shape index (κ2) is 4.85. The van der Waals surface area contributed by atoms with Crippen LogP contribution >= 0.6 is 0 Å². The lowest BCUT2D eigenvalue weighted by Crippen LogP contribution is -1.92. The molecule has 5 heteroatoms. The van der Waals surface area contributed by atoms with Crippen molar-refractivity contribution in [1.82, 2.24) is 0 Å². The number of benzene rings is 1. The standard InChI is InChI=1S/C9H10FNO2S/c1-2-14(13)11-6-7-3-4-8(12)5-9(7)10/h3-6,12H,2H2,1H3/b11-6+. The minimum atomic E-state index is -1.30. The van der Waals surface area contributed by atoms with Gasteiger partial charge in [-0.05, 0) is 12.1 Å². The van der Waals surface area contributed by atoms with Crippen molar-refractivity contribution in [3.8, 4) is 5.75 Å². The molecule has 0 radical (unpaired) electrons. The van der Waals surface area contributed by atoms with E-state index in [1.54, 1.807) is 6.92 Å². The van der Waals surface area contributed by atoms with Crippen molar-refractivity contribution in [2.45, 2.75) is 6.92 Å². The highest BCUT2D eigenvalue weighted by Crippen LogP contribution is 2.13. The molecule has 76 valence electrons. The van der Waals surface area contributed by atoms with Gasteiger partial charge in [0.15, 0.2) is 0 Å². The fraction of sp³-hybridized carbons (Fsp3) is 0.222. The van der Waals surface area contributed by atoms with Gasteiger partial charge >= 0.3 is 0 Å². The Kier molecular flexibility index (Phi) is 3.76. The molecule has 14 heavy (non-hydrogen) atoms. The minimum absolute atomic E-state index is 0.142. The van der Waals surface area contributed by atoms with E-state index in [-0.39, 0.29) is 11.3 Å². The molecule has 0 saturated heterocycles. The van der Waals surface area contributed by atoms with Gasteiger partial charge in [0.25, 0.3) is 0 Å². The van der Waals surface area contributed by atoms with Gasteiger partial charge in [0.2, 0.25) is 0 Å². The normalized spacial score (nSPS) is 13.3. The van der Waals surface area contributed by atoms with E-state index < -0.39 is 16.8 Å². The summed E-state index contributed by atoms with van der Waals surface area (Å²) in [5.74, 6) is -0.325. The van der Waals surface area contributed by atoms with Crippen LogP contribution in [0.5, 0.6) is 5.75 Å². The molecule has 0 amide bonds. The molecular weight excluding hydrogens is 205 g/mol. The van der Waals surface area contributed by atoms with Gasteiger partial charge in [-0.15, -0.1) is 0 Å². The zero-order valence-electron chi connectivity index (χ0n) is 7.61. The number of phenolic OH excluding ortho intramolecular Hbond substituents is 1. The van der Waals surface area contributed by atoms with Gasteiger partial charge in [0.05, 0.1) is 0 Å². The van der Waals surface area contributed by atoms with E-state index in [1.807, 2.05) is 0 Å². The monoisotopic (exact) mass is 215 g/mol. The fourth-order valence-electron chi connectivity index (χ4n) is 0.811. The molecule has 1 atom stereocenters. The summed E-state index contributed by atoms with van der Waals surface area (Å²) in [4.78, 5) is 0. The van der Waals surface area contributed by atoms with Gasteiger partial charge in [-0.25, -0.2) is 8.60 Å². The van der Waals surface area contributed by atoms with Gasteiger partial charge in [-0.2, -0.15) is 4.40 Å². The van der Waals surface area contributed by atoms with Crippen LogP contribution in [0, 0.1) is 5.82 Å². The van der Waals surface area contributed by atoms with Gasteiger partial charge in [-0.3, -0.25) is 0 Å². The van der Waals surface area contributed by atoms with Crippen molar-refractivity contribution in [2.24, 2.45) is 4.40 Å². The molecule has 0 aliphatic carbocycles. The Morgan fingerprint density at radius 3 is 2.93 bits per heavy atom. The van der Waals surface area contributed by atoms with E-state index in [0.717, 1.165) is 6.07 Å². The molecule has 0 spiro atoms. The number of aromatic hydroxyl groups is 1. The summed E-state index contributed by atoms with van der Waals surface area (Å²) < 4.78 is 27.6. The predicted molar refractivity (Wildman–Crippen MR) is 54.3 cm³/mol. The number of rotatable bonds is 3. The number of halogens is 1.